The number of ether oxygens (including phenoxy) is 2. The molecule has 0 spiro atoms. The van der Waals surface area contributed by atoms with Crippen molar-refractivity contribution in [3.8, 4) is 0 Å². The zero-order chi connectivity index (χ0) is 17.1. The van der Waals surface area contributed by atoms with Gasteiger partial charge in [0.05, 0.1) is 18.3 Å². The van der Waals surface area contributed by atoms with Gasteiger partial charge in [0.2, 0.25) is 0 Å². The van der Waals surface area contributed by atoms with Gasteiger partial charge in [0.25, 0.3) is 5.56 Å². The van der Waals surface area contributed by atoms with Gasteiger partial charge < -0.3 is 9.47 Å². The zero-order valence-corrected chi connectivity index (χ0v) is 14.9. The molecule has 2 aromatic heterocycles. The van der Waals surface area contributed by atoms with Gasteiger partial charge in [0.15, 0.2) is 0 Å². The maximum Gasteiger partial charge on any atom is 0.329 e. The number of esters is 1. The van der Waals surface area contributed by atoms with Gasteiger partial charge in [-0.3, -0.25) is 9.36 Å². The lowest BCUT2D eigenvalue weighted by molar-refractivity contribution is -0.148. The van der Waals surface area contributed by atoms with Crippen LogP contribution in [0.1, 0.15) is 43.2 Å². The van der Waals surface area contributed by atoms with E-state index in [0.717, 1.165) is 36.1 Å². The number of nitrogens with zero attached hydrogens (tertiary/aromatic N) is 2. The Labute approximate surface area is 144 Å². The summed E-state index contributed by atoms with van der Waals surface area (Å²) in [4.78, 5) is 31.5. The molecule has 2 heterocycles. The number of aryl methyl sites for hydroxylation is 2. The number of carbonyl (C=O) groups is 1. The van der Waals surface area contributed by atoms with Gasteiger partial charge in [0.1, 0.15) is 17.5 Å². The summed E-state index contributed by atoms with van der Waals surface area (Å²) < 4.78 is 11.7. The van der Waals surface area contributed by atoms with E-state index >= 15 is 0 Å². The zero-order valence-electron chi connectivity index (χ0n) is 14.0. The van der Waals surface area contributed by atoms with E-state index in [-0.39, 0.29) is 12.2 Å². The normalized spacial score (nSPS) is 15.2. The first-order chi connectivity index (χ1) is 11.6. The first kappa shape index (κ1) is 17.1. The van der Waals surface area contributed by atoms with Crippen LogP contribution in [0.2, 0.25) is 0 Å². The molecule has 6 nitrogen and oxygen atoms in total. The summed E-state index contributed by atoms with van der Waals surface area (Å²) in [6, 6.07) is -0.699. The van der Waals surface area contributed by atoms with Gasteiger partial charge in [-0.2, -0.15) is 0 Å². The molecular formula is C17H22N2O4S. The molecule has 0 saturated carbocycles. The first-order valence-electron chi connectivity index (χ1n) is 8.39. The van der Waals surface area contributed by atoms with Crippen LogP contribution in [-0.4, -0.2) is 35.3 Å². The average Bonchev–Trinajstić information content (AvgIpc) is 2.97. The molecule has 24 heavy (non-hydrogen) atoms. The molecule has 1 aliphatic carbocycles. The molecule has 0 saturated heterocycles. The smallest absolute Gasteiger partial charge is 0.329 e. The molecule has 1 aliphatic rings. The predicted octanol–water partition coefficient (Wildman–Crippen LogP) is 2.48. The van der Waals surface area contributed by atoms with E-state index in [1.807, 2.05) is 6.92 Å². The summed E-state index contributed by atoms with van der Waals surface area (Å²) in [7, 11) is 0. The Morgan fingerprint density at radius 1 is 1.38 bits per heavy atom. The number of rotatable bonds is 6. The summed E-state index contributed by atoms with van der Waals surface area (Å²) in [6.07, 6.45) is 5.66. The molecule has 0 unspecified atom stereocenters. The Kier molecular flexibility index (Phi) is 5.30. The number of thiophene rings is 1. The Morgan fingerprint density at radius 3 is 2.96 bits per heavy atom. The van der Waals surface area contributed by atoms with Crippen LogP contribution in [0.25, 0.3) is 10.2 Å². The summed E-state index contributed by atoms with van der Waals surface area (Å²) in [5.41, 5.74) is 0.985. The Hall–Kier alpha value is -1.73. The van der Waals surface area contributed by atoms with Crippen molar-refractivity contribution in [1.29, 1.82) is 0 Å². The summed E-state index contributed by atoms with van der Waals surface area (Å²) >= 11 is 1.60. The fourth-order valence-corrected chi connectivity index (χ4v) is 4.23. The molecule has 0 fully saturated rings. The third-order valence-electron chi connectivity index (χ3n) is 4.33. The highest BCUT2D eigenvalue weighted by molar-refractivity contribution is 7.18. The molecule has 0 bridgehead atoms. The molecule has 0 aliphatic heterocycles. The predicted molar refractivity (Wildman–Crippen MR) is 92.7 cm³/mol. The quantitative estimate of drug-likeness (QED) is 0.591. The molecule has 0 radical (unpaired) electrons. The highest BCUT2D eigenvalue weighted by Gasteiger charge is 2.23. The molecular weight excluding hydrogens is 328 g/mol. The SMILES string of the molecule is CCOCCOC(=O)[C@H](C)n1cnc2sc3c(c2c1=O)CCCC3. The van der Waals surface area contributed by atoms with Crippen molar-refractivity contribution in [3.05, 3.63) is 27.1 Å². The minimum absolute atomic E-state index is 0.145. The van der Waals surface area contributed by atoms with Crippen molar-refractivity contribution in [2.45, 2.75) is 45.6 Å². The van der Waals surface area contributed by atoms with Crippen LogP contribution in [-0.2, 0) is 27.1 Å². The van der Waals surface area contributed by atoms with E-state index in [1.165, 1.54) is 15.8 Å². The van der Waals surface area contributed by atoms with Gasteiger partial charge in [0, 0.05) is 11.5 Å². The monoisotopic (exact) mass is 350 g/mol. The third-order valence-corrected chi connectivity index (χ3v) is 5.53. The topological polar surface area (TPSA) is 70.4 Å². The second-order valence-electron chi connectivity index (χ2n) is 5.89. The van der Waals surface area contributed by atoms with Crippen molar-refractivity contribution in [1.82, 2.24) is 9.55 Å². The third kappa shape index (κ3) is 3.23. The highest BCUT2D eigenvalue weighted by Crippen LogP contribution is 2.33. The summed E-state index contributed by atoms with van der Waals surface area (Å²) in [5, 5.41) is 0.686. The summed E-state index contributed by atoms with van der Waals surface area (Å²) in [5.74, 6) is -0.443. The molecule has 3 rings (SSSR count). The van der Waals surface area contributed by atoms with E-state index in [1.54, 1.807) is 18.3 Å². The first-order valence-corrected chi connectivity index (χ1v) is 9.21. The number of hydrogen-bond acceptors (Lipinski definition) is 6. The van der Waals surface area contributed by atoms with Crippen molar-refractivity contribution < 1.29 is 14.3 Å². The number of fused-ring (bicyclic) bond motifs is 3. The Balaban J connectivity index is 1.85. The maximum atomic E-state index is 12.9. The van der Waals surface area contributed by atoms with Crippen molar-refractivity contribution in [2.24, 2.45) is 0 Å². The number of aromatic nitrogens is 2. The van der Waals surface area contributed by atoms with Crippen LogP contribution in [0.3, 0.4) is 0 Å². The van der Waals surface area contributed by atoms with E-state index in [4.69, 9.17) is 9.47 Å². The molecule has 0 aromatic carbocycles. The van der Waals surface area contributed by atoms with Crippen molar-refractivity contribution in [3.63, 3.8) is 0 Å². The van der Waals surface area contributed by atoms with Crippen molar-refractivity contribution in [2.75, 3.05) is 19.8 Å². The van der Waals surface area contributed by atoms with Gasteiger partial charge in [-0.05, 0) is 45.1 Å². The van der Waals surface area contributed by atoms with E-state index in [0.29, 0.717) is 18.6 Å². The second-order valence-corrected chi connectivity index (χ2v) is 6.97. The van der Waals surface area contributed by atoms with E-state index in [9.17, 15) is 9.59 Å². The lowest BCUT2D eigenvalue weighted by Gasteiger charge is -2.15. The molecule has 1 atom stereocenters. The lowest BCUT2D eigenvalue weighted by atomic mass is 9.97. The fourth-order valence-electron chi connectivity index (χ4n) is 3.01. The minimum Gasteiger partial charge on any atom is -0.462 e. The standard InChI is InChI=1S/C17H22N2O4S/c1-3-22-8-9-23-17(21)11(2)19-10-18-15-14(16(19)20)12-6-4-5-7-13(12)24-15/h10-11H,3-9H2,1-2H3/t11-/m0/s1. The van der Waals surface area contributed by atoms with Crippen LogP contribution in [0, 0.1) is 0 Å². The second kappa shape index (κ2) is 7.44. The molecule has 0 amide bonds. The molecule has 2 aromatic rings. The van der Waals surface area contributed by atoms with Crippen molar-refractivity contribution >= 4 is 27.5 Å². The van der Waals surface area contributed by atoms with Crippen LogP contribution >= 0.6 is 11.3 Å². The maximum absolute atomic E-state index is 12.9. The van der Waals surface area contributed by atoms with Gasteiger partial charge in [-0.1, -0.05) is 0 Å². The van der Waals surface area contributed by atoms with Gasteiger partial charge in [-0.15, -0.1) is 11.3 Å². The fraction of sp³-hybridized carbons (Fsp3) is 0.588. The van der Waals surface area contributed by atoms with Gasteiger partial charge >= 0.3 is 5.97 Å². The van der Waals surface area contributed by atoms with E-state index in [2.05, 4.69) is 4.98 Å². The molecule has 0 N–H and O–H groups in total. The summed E-state index contributed by atoms with van der Waals surface area (Å²) in [6.45, 7) is 4.67. The van der Waals surface area contributed by atoms with Gasteiger partial charge in [-0.25, -0.2) is 9.78 Å². The molecule has 130 valence electrons. The minimum atomic E-state index is -0.699. The van der Waals surface area contributed by atoms with Crippen LogP contribution in [0.15, 0.2) is 11.1 Å². The van der Waals surface area contributed by atoms with Crippen LogP contribution < -0.4 is 5.56 Å². The lowest BCUT2D eigenvalue weighted by Crippen LogP contribution is -2.30. The number of hydrogen-bond donors (Lipinski definition) is 0. The molecule has 7 heteroatoms. The Morgan fingerprint density at radius 2 is 2.17 bits per heavy atom. The van der Waals surface area contributed by atoms with Crippen LogP contribution in [0.5, 0.6) is 0 Å². The highest BCUT2D eigenvalue weighted by atomic mass is 32.1. The van der Waals surface area contributed by atoms with E-state index < -0.39 is 12.0 Å². The largest absolute Gasteiger partial charge is 0.462 e. The van der Waals surface area contributed by atoms with Crippen LogP contribution in [0.4, 0.5) is 0 Å². The number of carbonyl (C=O) groups excluding carboxylic acids is 1. The Bertz CT molecular complexity index is 796. The average molecular weight is 350 g/mol.